The Labute approximate surface area is 94.0 Å². The SMILES string of the molecule is CCOC(=O)Cc1nc2[nH]c(=O)[nH]c(=O)c2[nH]1. The number of hydrogen-bond acceptors (Lipinski definition) is 5. The summed E-state index contributed by atoms with van der Waals surface area (Å²) in [6.45, 7) is 1.97. The number of H-pyrrole nitrogens is 3. The average molecular weight is 238 g/mol. The van der Waals surface area contributed by atoms with E-state index in [4.69, 9.17) is 4.74 Å². The van der Waals surface area contributed by atoms with E-state index in [-0.39, 0.29) is 30.0 Å². The Hall–Kier alpha value is -2.38. The zero-order valence-corrected chi connectivity index (χ0v) is 8.99. The molecule has 0 aromatic carbocycles. The Morgan fingerprint density at radius 3 is 2.76 bits per heavy atom. The number of nitrogens with one attached hydrogen (secondary N) is 3. The second-order valence-corrected chi connectivity index (χ2v) is 3.30. The normalized spacial score (nSPS) is 10.6. The lowest BCUT2D eigenvalue weighted by Gasteiger charge is -1.97. The zero-order valence-electron chi connectivity index (χ0n) is 8.99. The fraction of sp³-hybridized carbons (Fsp3) is 0.333. The lowest BCUT2D eigenvalue weighted by Crippen LogP contribution is -2.21. The number of hydrogen-bond donors (Lipinski definition) is 3. The zero-order chi connectivity index (χ0) is 12.4. The molecule has 8 heteroatoms. The van der Waals surface area contributed by atoms with Crippen molar-refractivity contribution in [2.24, 2.45) is 0 Å². The van der Waals surface area contributed by atoms with Crippen LogP contribution in [0.5, 0.6) is 0 Å². The van der Waals surface area contributed by atoms with E-state index in [1.54, 1.807) is 6.92 Å². The third kappa shape index (κ3) is 2.25. The van der Waals surface area contributed by atoms with Crippen LogP contribution in [0.2, 0.25) is 0 Å². The highest BCUT2D eigenvalue weighted by Gasteiger charge is 2.11. The van der Waals surface area contributed by atoms with E-state index in [0.717, 1.165) is 0 Å². The number of carbonyl (C=O) groups excluding carboxylic acids is 1. The Morgan fingerprint density at radius 2 is 2.06 bits per heavy atom. The summed E-state index contributed by atoms with van der Waals surface area (Å²) < 4.78 is 4.74. The van der Waals surface area contributed by atoms with Gasteiger partial charge in [-0.2, -0.15) is 0 Å². The van der Waals surface area contributed by atoms with E-state index >= 15 is 0 Å². The smallest absolute Gasteiger partial charge is 0.327 e. The predicted molar refractivity (Wildman–Crippen MR) is 57.7 cm³/mol. The van der Waals surface area contributed by atoms with Gasteiger partial charge in [-0.05, 0) is 6.92 Å². The molecule has 0 radical (unpaired) electrons. The molecule has 17 heavy (non-hydrogen) atoms. The average Bonchev–Trinajstić information content (AvgIpc) is 2.60. The van der Waals surface area contributed by atoms with Crippen LogP contribution in [0.3, 0.4) is 0 Å². The topological polar surface area (TPSA) is 121 Å². The molecule has 0 aliphatic rings. The number of esters is 1. The lowest BCUT2D eigenvalue weighted by molar-refractivity contribution is -0.142. The molecule has 0 amide bonds. The molecule has 0 aliphatic carbocycles. The number of imidazole rings is 1. The van der Waals surface area contributed by atoms with E-state index in [1.807, 2.05) is 0 Å². The monoisotopic (exact) mass is 238 g/mol. The highest BCUT2D eigenvalue weighted by molar-refractivity contribution is 5.74. The van der Waals surface area contributed by atoms with Gasteiger partial charge in [-0.3, -0.25) is 19.6 Å². The van der Waals surface area contributed by atoms with Crippen LogP contribution in [-0.4, -0.2) is 32.5 Å². The first kappa shape index (κ1) is 11.1. The predicted octanol–water partition coefficient (Wildman–Crippen LogP) is -0.955. The van der Waals surface area contributed by atoms with Gasteiger partial charge in [0.2, 0.25) is 0 Å². The molecule has 2 aromatic heterocycles. The summed E-state index contributed by atoms with van der Waals surface area (Å²) in [6, 6.07) is 0. The van der Waals surface area contributed by atoms with Crippen molar-refractivity contribution in [2.75, 3.05) is 6.61 Å². The van der Waals surface area contributed by atoms with Crippen molar-refractivity contribution in [1.82, 2.24) is 19.9 Å². The number of carbonyl (C=O) groups is 1. The van der Waals surface area contributed by atoms with E-state index in [2.05, 4.69) is 19.9 Å². The third-order valence-electron chi connectivity index (χ3n) is 2.06. The molecule has 2 heterocycles. The minimum atomic E-state index is -0.642. The summed E-state index contributed by atoms with van der Waals surface area (Å²) in [5.41, 5.74) is -0.968. The first-order valence-corrected chi connectivity index (χ1v) is 4.97. The molecule has 0 atom stereocenters. The maximum Gasteiger partial charge on any atom is 0.327 e. The van der Waals surface area contributed by atoms with E-state index in [0.29, 0.717) is 0 Å². The van der Waals surface area contributed by atoms with Crippen molar-refractivity contribution >= 4 is 17.1 Å². The summed E-state index contributed by atoms with van der Waals surface area (Å²) in [6.07, 6.45) is -0.0794. The number of nitrogens with zero attached hydrogens (tertiary/aromatic N) is 1. The highest BCUT2D eigenvalue weighted by atomic mass is 16.5. The van der Waals surface area contributed by atoms with Crippen molar-refractivity contribution in [3.63, 3.8) is 0 Å². The van der Waals surface area contributed by atoms with Crippen LogP contribution in [0.15, 0.2) is 9.59 Å². The van der Waals surface area contributed by atoms with Gasteiger partial charge >= 0.3 is 11.7 Å². The van der Waals surface area contributed by atoms with Gasteiger partial charge in [0.05, 0.1) is 6.61 Å². The minimum Gasteiger partial charge on any atom is -0.466 e. The van der Waals surface area contributed by atoms with Crippen LogP contribution in [0.25, 0.3) is 11.2 Å². The van der Waals surface area contributed by atoms with Crippen LogP contribution >= 0.6 is 0 Å². The molecule has 0 unspecified atom stereocenters. The third-order valence-corrected chi connectivity index (χ3v) is 2.06. The Bertz CT molecular complexity index is 665. The molecule has 0 aliphatic heterocycles. The molecule has 8 nitrogen and oxygen atoms in total. The van der Waals surface area contributed by atoms with Gasteiger partial charge < -0.3 is 9.72 Å². The van der Waals surface area contributed by atoms with Gasteiger partial charge in [0.25, 0.3) is 5.56 Å². The van der Waals surface area contributed by atoms with Crippen molar-refractivity contribution in [3.8, 4) is 0 Å². The van der Waals surface area contributed by atoms with Crippen molar-refractivity contribution in [1.29, 1.82) is 0 Å². The summed E-state index contributed by atoms with van der Waals surface area (Å²) in [7, 11) is 0. The number of aromatic amines is 3. The Kier molecular flexibility index (Phi) is 2.77. The summed E-state index contributed by atoms with van der Waals surface area (Å²) in [4.78, 5) is 44.5. The molecule has 0 spiro atoms. The number of ether oxygens (including phenoxy) is 1. The molecule has 0 saturated heterocycles. The first-order valence-electron chi connectivity index (χ1n) is 4.97. The maximum absolute atomic E-state index is 11.4. The Balaban J connectivity index is 2.38. The molecule has 3 N–H and O–H groups in total. The summed E-state index contributed by atoms with van der Waals surface area (Å²) >= 11 is 0. The van der Waals surface area contributed by atoms with E-state index < -0.39 is 17.2 Å². The number of rotatable bonds is 3. The standard InChI is InChI=1S/C9H10N4O4/c1-2-17-5(14)3-4-10-6-7(11-4)12-9(16)13-8(6)15/h2-3H2,1H3,(H3,10,11,12,13,15,16). The fourth-order valence-corrected chi connectivity index (χ4v) is 1.41. The van der Waals surface area contributed by atoms with E-state index in [1.165, 1.54) is 0 Å². The van der Waals surface area contributed by atoms with Crippen LogP contribution < -0.4 is 11.2 Å². The second-order valence-electron chi connectivity index (χ2n) is 3.30. The number of aromatic nitrogens is 4. The summed E-state index contributed by atoms with van der Waals surface area (Å²) in [5, 5.41) is 0. The molecule has 0 bridgehead atoms. The molecular formula is C9H10N4O4. The van der Waals surface area contributed by atoms with Gasteiger partial charge in [-0.25, -0.2) is 9.78 Å². The minimum absolute atomic E-state index is 0.0794. The Morgan fingerprint density at radius 1 is 1.29 bits per heavy atom. The van der Waals surface area contributed by atoms with Crippen LogP contribution in [0.4, 0.5) is 0 Å². The molecular weight excluding hydrogens is 228 g/mol. The van der Waals surface area contributed by atoms with Gasteiger partial charge in [-0.1, -0.05) is 0 Å². The van der Waals surface area contributed by atoms with Gasteiger partial charge in [0.15, 0.2) is 5.65 Å². The molecule has 0 fully saturated rings. The van der Waals surface area contributed by atoms with Gasteiger partial charge in [-0.15, -0.1) is 0 Å². The van der Waals surface area contributed by atoms with Gasteiger partial charge in [0, 0.05) is 0 Å². The highest BCUT2D eigenvalue weighted by Crippen LogP contribution is 2.02. The largest absolute Gasteiger partial charge is 0.466 e. The summed E-state index contributed by atoms with van der Waals surface area (Å²) in [5.74, 6) is -0.184. The molecule has 0 saturated carbocycles. The van der Waals surface area contributed by atoms with Crippen LogP contribution in [0, 0.1) is 0 Å². The molecule has 2 rings (SSSR count). The fourth-order valence-electron chi connectivity index (χ4n) is 1.41. The van der Waals surface area contributed by atoms with Crippen molar-refractivity contribution in [3.05, 3.63) is 26.7 Å². The first-order chi connectivity index (χ1) is 8.10. The van der Waals surface area contributed by atoms with E-state index in [9.17, 15) is 14.4 Å². The molecule has 2 aromatic rings. The lowest BCUT2D eigenvalue weighted by atomic mass is 10.4. The maximum atomic E-state index is 11.4. The van der Waals surface area contributed by atoms with Crippen molar-refractivity contribution in [2.45, 2.75) is 13.3 Å². The molecule has 90 valence electrons. The van der Waals surface area contributed by atoms with Crippen LogP contribution in [-0.2, 0) is 16.0 Å². The van der Waals surface area contributed by atoms with Gasteiger partial charge in [0.1, 0.15) is 17.8 Å². The van der Waals surface area contributed by atoms with Crippen LogP contribution in [0.1, 0.15) is 12.7 Å². The quantitative estimate of drug-likeness (QED) is 0.595. The number of fused-ring (bicyclic) bond motifs is 1. The van der Waals surface area contributed by atoms with Crippen molar-refractivity contribution < 1.29 is 9.53 Å². The second kappa shape index (κ2) is 4.24.